The summed E-state index contributed by atoms with van der Waals surface area (Å²) in [6, 6.07) is 10.6. The number of unbranched alkanes of at least 4 members (excludes halogenated alkanes) is 4. The van der Waals surface area contributed by atoms with Crippen molar-refractivity contribution < 1.29 is 9.59 Å². The molecule has 0 saturated heterocycles. The smallest absolute Gasteiger partial charge is 0.164 e. The molecule has 0 aliphatic heterocycles. The quantitative estimate of drug-likeness (QED) is 0.0991. The summed E-state index contributed by atoms with van der Waals surface area (Å²) in [4.78, 5) is 24.7. The molecule has 0 unspecified atom stereocenters. The number of carbonyl (C=O) groups is 2. The summed E-state index contributed by atoms with van der Waals surface area (Å²) in [6.45, 7) is 14.1. The summed E-state index contributed by atoms with van der Waals surface area (Å²) < 4.78 is 0. The third kappa shape index (κ3) is 15.6. The fraction of sp³-hybridized carbons (Fsp3) is 0.562. The van der Waals surface area contributed by atoms with Crippen LogP contribution in [0.5, 0.6) is 0 Å². The number of benzene rings is 1. The van der Waals surface area contributed by atoms with Crippen molar-refractivity contribution in [3.8, 4) is 0 Å². The Labute approximate surface area is 210 Å². The van der Waals surface area contributed by atoms with Crippen LogP contribution in [0.4, 0.5) is 0 Å². The predicted octanol–water partition coefficient (Wildman–Crippen LogP) is 9.40. The minimum absolute atomic E-state index is 0.191. The van der Waals surface area contributed by atoms with Crippen LogP contribution in [0.2, 0.25) is 0 Å². The largest absolute Gasteiger partial charge is 0.300 e. The van der Waals surface area contributed by atoms with Crippen molar-refractivity contribution in [3.63, 3.8) is 0 Å². The van der Waals surface area contributed by atoms with Crippen LogP contribution >= 0.6 is 0 Å². The van der Waals surface area contributed by atoms with Gasteiger partial charge in [-0.15, -0.1) is 0 Å². The first-order valence-corrected chi connectivity index (χ1v) is 13.4. The molecule has 0 saturated carbocycles. The maximum absolute atomic E-state index is 12.8. The zero-order chi connectivity index (χ0) is 25.7. The molecule has 1 rings (SSSR count). The van der Waals surface area contributed by atoms with Gasteiger partial charge < -0.3 is 0 Å². The predicted molar refractivity (Wildman–Crippen MR) is 149 cm³/mol. The molecule has 0 N–H and O–H groups in total. The number of aryl methyl sites for hydroxylation is 1. The van der Waals surface area contributed by atoms with Crippen LogP contribution in [0.25, 0.3) is 0 Å². The van der Waals surface area contributed by atoms with E-state index in [0.29, 0.717) is 18.6 Å². The van der Waals surface area contributed by atoms with Gasteiger partial charge in [0.1, 0.15) is 5.78 Å². The molecule has 0 aliphatic rings. The van der Waals surface area contributed by atoms with Crippen LogP contribution in [-0.2, 0) is 16.0 Å². The molecular formula is C32H50O2. The summed E-state index contributed by atoms with van der Waals surface area (Å²) in [7, 11) is 0. The standard InChI is InChI=1S/C23H38O2.C9H12/c1-6-9-11-12-17-21(24)18-13-14-19-23(4,5)22(25)20(15-8-3)16-10-7-2;1-2-6-9-7-4-3-5-8-9/h7-8,10,15H,3,6,9,11-14,16-19H2,1-2,4-5H3;3-5,7-8H,2,6H2,1H3/b10-7-,20-15+;. The van der Waals surface area contributed by atoms with E-state index in [2.05, 4.69) is 50.8 Å². The molecule has 34 heavy (non-hydrogen) atoms. The Bertz CT molecular complexity index is 738. The second-order valence-corrected chi connectivity index (χ2v) is 9.71. The first kappa shape index (κ1) is 31.8. The van der Waals surface area contributed by atoms with Crippen LogP contribution in [0.3, 0.4) is 0 Å². The van der Waals surface area contributed by atoms with E-state index in [1.165, 1.54) is 31.2 Å². The molecular weight excluding hydrogens is 416 g/mol. The maximum Gasteiger partial charge on any atom is 0.164 e. The van der Waals surface area contributed by atoms with E-state index in [0.717, 1.165) is 44.1 Å². The zero-order valence-electron chi connectivity index (χ0n) is 22.7. The Balaban J connectivity index is 0.000000999. The van der Waals surface area contributed by atoms with Gasteiger partial charge in [0.25, 0.3) is 0 Å². The molecule has 0 bridgehead atoms. The van der Waals surface area contributed by atoms with Crippen LogP contribution in [0, 0.1) is 5.41 Å². The highest BCUT2D eigenvalue weighted by Crippen LogP contribution is 2.29. The molecule has 0 aromatic heterocycles. The van der Waals surface area contributed by atoms with Crippen LogP contribution in [-0.4, -0.2) is 11.6 Å². The van der Waals surface area contributed by atoms with E-state index in [4.69, 9.17) is 0 Å². The zero-order valence-corrected chi connectivity index (χ0v) is 22.7. The van der Waals surface area contributed by atoms with Crippen molar-refractivity contribution in [2.24, 2.45) is 5.41 Å². The lowest BCUT2D eigenvalue weighted by Crippen LogP contribution is -2.26. The van der Waals surface area contributed by atoms with Crippen LogP contribution in [0.15, 0.2) is 66.8 Å². The molecule has 0 aliphatic carbocycles. The Kier molecular flexibility index (Phi) is 18.9. The lowest BCUT2D eigenvalue weighted by molar-refractivity contribution is -0.123. The summed E-state index contributed by atoms with van der Waals surface area (Å²) >= 11 is 0. The van der Waals surface area contributed by atoms with E-state index in [1.54, 1.807) is 6.08 Å². The molecule has 0 fully saturated rings. The van der Waals surface area contributed by atoms with Crippen molar-refractivity contribution >= 4 is 11.6 Å². The number of carbonyl (C=O) groups excluding carboxylic acids is 2. The van der Waals surface area contributed by atoms with Gasteiger partial charge in [-0.2, -0.15) is 0 Å². The van der Waals surface area contributed by atoms with Gasteiger partial charge in [-0.25, -0.2) is 0 Å². The van der Waals surface area contributed by atoms with Crippen molar-refractivity contribution in [2.45, 2.75) is 112 Å². The van der Waals surface area contributed by atoms with E-state index < -0.39 is 0 Å². The van der Waals surface area contributed by atoms with Crippen LogP contribution in [0.1, 0.15) is 111 Å². The SMILES string of the molecule is C=C/C=C(\C/C=C\C)C(=O)C(C)(C)CCCCC(=O)CCCCCC.CCCc1ccccc1. The van der Waals surface area contributed by atoms with Crippen molar-refractivity contribution in [2.75, 3.05) is 0 Å². The van der Waals surface area contributed by atoms with Gasteiger partial charge in [0, 0.05) is 18.3 Å². The number of allylic oxidation sites excluding steroid dienone is 5. The fourth-order valence-electron chi connectivity index (χ4n) is 3.87. The lowest BCUT2D eigenvalue weighted by Gasteiger charge is -2.24. The Morgan fingerprint density at radius 2 is 1.56 bits per heavy atom. The summed E-state index contributed by atoms with van der Waals surface area (Å²) in [5, 5.41) is 0. The van der Waals surface area contributed by atoms with Gasteiger partial charge in [0.05, 0.1) is 0 Å². The molecule has 2 heteroatoms. The molecule has 0 spiro atoms. The normalized spacial score (nSPS) is 11.7. The molecule has 0 atom stereocenters. The molecule has 0 heterocycles. The number of Topliss-reactive ketones (excluding diaryl/α,β-unsaturated/α-hetero) is 2. The highest BCUT2D eigenvalue weighted by atomic mass is 16.1. The van der Waals surface area contributed by atoms with Gasteiger partial charge in [0.2, 0.25) is 0 Å². The van der Waals surface area contributed by atoms with Gasteiger partial charge >= 0.3 is 0 Å². The van der Waals surface area contributed by atoms with Gasteiger partial charge in [-0.1, -0.05) is 121 Å². The average molecular weight is 467 g/mol. The molecule has 1 aromatic rings. The lowest BCUT2D eigenvalue weighted by atomic mass is 9.78. The Morgan fingerprint density at radius 1 is 0.912 bits per heavy atom. The molecule has 190 valence electrons. The molecule has 0 amide bonds. The molecule has 0 radical (unpaired) electrons. The van der Waals surface area contributed by atoms with Crippen LogP contribution < -0.4 is 0 Å². The highest BCUT2D eigenvalue weighted by Gasteiger charge is 2.28. The van der Waals surface area contributed by atoms with Gasteiger partial charge in [-0.3, -0.25) is 9.59 Å². The molecule has 1 aromatic carbocycles. The number of ketones is 2. The Hall–Kier alpha value is -2.22. The minimum Gasteiger partial charge on any atom is -0.300 e. The first-order valence-electron chi connectivity index (χ1n) is 13.4. The highest BCUT2D eigenvalue weighted by molar-refractivity contribution is 5.99. The third-order valence-corrected chi connectivity index (χ3v) is 6.00. The summed E-state index contributed by atoms with van der Waals surface area (Å²) in [6.07, 6.45) is 19.2. The third-order valence-electron chi connectivity index (χ3n) is 6.00. The van der Waals surface area contributed by atoms with E-state index >= 15 is 0 Å². The van der Waals surface area contributed by atoms with Crippen molar-refractivity contribution in [1.82, 2.24) is 0 Å². The number of hydrogen-bond acceptors (Lipinski definition) is 2. The maximum atomic E-state index is 12.8. The van der Waals surface area contributed by atoms with E-state index in [9.17, 15) is 9.59 Å². The second kappa shape index (κ2) is 20.2. The summed E-state index contributed by atoms with van der Waals surface area (Å²) in [5.74, 6) is 0.567. The minimum atomic E-state index is -0.388. The van der Waals surface area contributed by atoms with E-state index in [-0.39, 0.29) is 11.2 Å². The van der Waals surface area contributed by atoms with Crippen molar-refractivity contribution in [1.29, 1.82) is 0 Å². The van der Waals surface area contributed by atoms with Crippen molar-refractivity contribution in [3.05, 3.63) is 72.4 Å². The summed E-state index contributed by atoms with van der Waals surface area (Å²) in [5.41, 5.74) is 1.87. The van der Waals surface area contributed by atoms with E-state index in [1.807, 2.05) is 39.0 Å². The second-order valence-electron chi connectivity index (χ2n) is 9.71. The number of rotatable bonds is 17. The average Bonchev–Trinajstić information content (AvgIpc) is 2.83. The van der Waals surface area contributed by atoms with Gasteiger partial charge in [-0.05, 0) is 50.2 Å². The monoisotopic (exact) mass is 466 g/mol. The fourth-order valence-corrected chi connectivity index (χ4v) is 3.87. The molecule has 2 nitrogen and oxygen atoms in total. The van der Waals surface area contributed by atoms with Gasteiger partial charge in [0.15, 0.2) is 5.78 Å². The number of hydrogen-bond donors (Lipinski definition) is 0. The topological polar surface area (TPSA) is 34.1 Å². The Morgan fingerprint density at radius 3 is 2.12 bits per heavy atom. The first-order chi connectivity index (χ1) is 16.3.